The van der Waals surface area contributed by atoms with Crippen molar-refractivity contribution in [2.45, 2.75) is 49.9 Å². The van der Waals surface area contributed by atoms with E-state index >= 15 is 0 Å². The summed E-state index contributed by atoms with van der Waals surface area (Å²) in [5.41, 5.74) is 6.54. The van der Waals surface area contributed by atoms with E-state index in [0.717, 1.165) is 11.3 Å². The standard InChI is InChI=1S/C17H24N2O5/c1-22-11-4-2-10(3-5-11)9-19-15(20)7-12-6-13-17(23-12)16(21)14(8-18)24-13/h2-5,12-14,16-17,21H,6-9,18H2,1H3,(H,19,20)/t12-,13+,14+,16+,17-/m0/s1. The Bertz CT molecular complexity index is 565. The summed E-state index contributed by atoms with van der Waals surface area (Å²) in [5, 5.41) is 12.9. The van der Waals surface area contributed by atoms with Crippen molar-refractivity contribution in [2.75, 3.05) is 13.7 Å². The van der Waals surface area contributed by atoms with Crippen LogP contribution in [0.15, 0.2) is 24.3 Å². The number of carbonyl (C=O) groups is 1. The van der Waals surface area contributed by atoms with E-state index in [2.05, 4.69) is 5.32 Å². The minimum atomic E-state index is -0.715. The molecule has 0 spiro atoms. The highest BCUT2D eigenvalue weighted by molar-refractivity contribution is 5.76. The van der Waals surface area contributed by atoms with Gasteiger partial charge >= 0.3 is 0 Å². The summed E-state index contributed by atoms with van der Waals surface area (Å²) in [6, 6.07) is 7.53. The molecular weight excluding hydrogens is 312 g/mol. The van der Waals surface area contributed by atoms with Crippen LogP contribution in [0, 0.1) is 0 Å². The van der Waals surface area contributed by atoms with Crippen molar-refractivity contribution in [3.63, 3.8) is 0 Å². The molecule has 2 aliphatic heterocycles. The van der Waals surface area contributed by atoms with Crippen LogP contribution in [0.1, 0.15) is 18.4 Å². The second kappa shape index (κ2) is 7.48. The monoisotopic (exact) mass is 336 g/mol. The molecule has 5 atom stereocenters. The smallest absolute Gasteiger partial charge is 0.222 e. The van der Waals surface area contributed by atoms with Crippen LogP contribution in [-0.2, 0) is 20.8 Å². The van der Waals surface area contributed by atoms with Gasteiger partial charge in [-0.05, 0) is 17.7 Å². The molecule has 1 amide bonds. The molecule has 7 nitrogen and oxygen atoms in total. The summed E-state index contributed by atoms with van der Waals surface area (Å²) >= 11 is 0. The van der Waals surface area contributed by atoms with Gasteiger partial charge < -0.3 is 30.4 Å². The van der Waals surface area contributed by atoms with E-state index in [4.69, 9.17) is 19.9 Å². The first kappa shape index (κ1) is 17.2. The lowest BCUT2D eigenvalue weighted by molar-refractivity contribution is -0.124. The van der Waals surface area contributed by atoms with Gasteiger partial charge in [0.2, 0.25) is 5.91 Å². The summed E-state index contributed by atoms with van der Waals surface area (Å²) in [4.78, 5) is 12.1. The molecule has 132 valence electrons. The third-order valence-corrected chi connectivity index (χ3v) is 4.57. The number of carbonyl (C=O) groups excluding carboxylic acids is 1. The lowest BCUT2D eigenvalue weighted by atomic mass is 10.1. The first-order valence-corrected chi connectivity index (χ1v) is 8.19. The number of aliphatic hydroxyl groups excluding tert-OH is 1. The zero-order valence-corrected chi connectivity index (χ0v) is 13.7. The van der Waals surface area contributed by atoms with E-state index < -0.39 is 6.10 Å². The number of amides is 1. The molecule has 0 unspecified atom stereocenters. The van der Waals surface area contributed by atoms with Crippen molar-refractivity contribution in [2.24, 2.45) is 5.73 Å². The molecule has 7 heteroatoms. The Hall–Kier alpha value is -1.67. The zero-order chi connectivity index (χ0) is 17.1. The maximum Gasteiger partial charge on any atom is 0.222 e. The highest BCUT2D eigenvalue weighted by Gasteiger charge is 2.50. The van der Waals surface area contributed by atoms with Crippen LogP contribution in [0.25, 0.3) is 0 Å². The highest BCUT2D eigenvalue weighted by Crippen LogP contribution is 2.35. The molecule has 24 heavy (non-hydrogen) atoms. The molecule has 2 saturated heterocycles. The third kappa shape index (κ3) is 3.70. The first-order valence-electron chi connectivity index (χ1n) is 8.19. The van der Waals surface area contributed by atoms with Crippen LogP contribution in [0.4, 0.5) is 0 Å². The number of rotatable bonds is 6. The summed E-state index contributed by atoms with van der Waals surface area (Å²) in [6.07, 6.45) is -1.01. The van der Waals surface area contributed by atoms with E-state index in [1.165, 1.54) is 0 Å². The maximum absolute atomic E-state index is 12.1. The second-order valence-corrected chi connectivity index (χ2v) is 6.23. The number of hydrogen-bond donors (Lipinski definition) is 3. The Morgan fingerprint density at radius 3 is 2.75 bits per heavy atom. The predicted molar refractivity (Wildman–Crippen MR) is 86.5 cm³/mol. The molecule has 0 saturated carbocycles. The highest BCUT2D eigenvalue weighted by atomic mass is 16.6. The molecule has 3 rings (SSSR count). The Morgan fingerprint density at radius 2 is 2.12 bits per heavy atom. The minimum absolute atomic E-state index is 0.0827. The lowest BCUT2D eigenvalue weighted by Gasteiger charge is -2.18. The van der Waals surface area contributed by atoms with Crippen LogP contribution in [0.5, 0.6) is 5.75 Å². The number of hydrogen-bond acceptors (Lipinski definition) is 6. The Kier molecular flexibility index (Phi) is 5.35. The summed E-state index contributed by atoms with van der Waals surface area (Å²) < 4.78 is 16.5. The van der Waals surface area contributed by atoms with Crippen LogP contribution >= 0.6 is 0 Å². The normalized spacial score (nSPS) is 31.7. The fourth-order valence-electron chi connectivity index (χ4n) is 3.26. The zero-order valence-electron chi connectivity index (χ0n) is 13.7. The Labute approximate surface area is 141 Å². The average molecular weight is 336 g/mol. The second-order valence-electron chi connectivity index (χ2n) is 6.23. The van der Waals surface area contributed by atoms with Crippen molar-refractivity contribution >= 4 is 5.91 Å². The van der Waals surface area contributed by atoms with Gasteiger partial charge in [0.15, 0.2) is 0 Å². The Morgan fingerprint density at radius 1 is 1.38 bits per heavy atom. The quantitative estimate of drug-likeness (QED) is 0.673. The van der Waals surface area contributed by atoms with Gasteiger partial charge in [-0.25, -0.2) is 0 Å². The lowest BCUT2D eigenvalue weighted by Crippen LogP contribution is -2.37. The van der Waals surface area contributed by atoms with E-state index in [-0.39, 0.29) is 43.3 Å². The number of benzene rings is 1. The molecule has 2 aliphatic rings. The molecule has 0 aliphatic carbocycles. The predicted octanol–water partition coefficient (Wildman–Crippen LogP) is -0.0540. The van der Waals surface area contributed by atoms with Gasteiger partial charge in [-0.15, -0.1) is 0 Å². The SMILES string of the molecule is COc1ccc(CNC(=O)C[C@@H]2C[C@H]3O[C@H](CN)[C@@H](O)[C@H]3O2)cc1. The number of methoxy groups -OCH3 is 1. The van der Waals surface area contributed by atoms with E-state index in [1.807, 2.05) is 24.3 Å². The van der Waals surface area contributed by atoms with E-state index in [0.29, 0.717) is 13.0 Å². The summed E-state index contributed by atoms with van der Waals surface area (Å²) in [5.74, 6) is 0.700. The number of fused-ring (bicyclic) bond motifs is 1. The van der Waals surface area contributed by atoms with Gasteiger partial charge in [-0.3, -0.25) is 4.79 Å². The average Bonchev–Trinajstić information content (AvgIpc) is 3.12. The van der Waals surface area contributed by atoms with Crippen LogP contribution in [-0.4, -0.2) is 55.2 Å². The van der Waals surface area contributed by atoms with Crippen molar-refractivity contribution in [3.8, 4) is 5.75 Å². The number of aliphatic hydroxyl groups is 1. The third-order valence-electron chi connectivity index (χ3n) is 4.57. The summed E-state index contributed by atoms with van der Waals surface area (Å²) in [6.45, 7) is 0.724. The van der Waals surface area contributed by atoms with Gasteiger partial charge in [0.05, 0.1) is 31.8 Å². The van der Waals surface area contributed by atoms with E-state index in [1.54, 1.807) is 7.11 Å². The fraction of sp³-hybridized carbons (Fsp3) is 0.588. The van der Waals surface area contributed by atoms with Crippen molar-refractivity contribution in [1.82, 2.24) is 5.32 Å². The number of ether oxygens (including phenoxy) is 3. The molecule has 4 N–H and O–H groups in total. The molecule has 0 radical (unpaired) electrons. The molecule has 2 fully saturated rings. The van der Waals surface area contributed by atoms with Gasteiger partial charge in [0, 0.05) is 19.5 Å². The molecule has 1 aromatic rings. The van der Waals surface area contributed by atoms with Crippen molar-refractivity contribution in [1.29, 1.82) is 0 Å². The molecule has 1 aromatic carbocycles. The topological polar surface area (TPSA) is 103 Å². The van der Waals surface area contributed by atoms with Gasteiger partial charge in [-0.1, -0.05) is 12.1 Å². The van der Waals surface area contributed by atoms with Crippen molar-refractivity contribution in [3.05, 3.63) is 29.8 Å². The Balaban J connectivity index is 1.43. The molecule has 0 bridgehead atoms. The number of nitrogens with one attached hydrogen (secondary N) is 1. The number of nitrogens with two attached hydrogens (primary N) is 1. The molecule has 2 heterocycles. The van der Waals surface area contributed by atoms with Crippen molar-refractivity contribution < 1.29 is 24.1 Å². The first-order chi connectivity index (χ1) is 11.6. The largest absolute Gasteiger partial charge is 0.497 e. The molecule has 0 aromatic heterocycles. The van der Waals surface area contributed by atoms with Crippen LogP contribution < -0.4 is 15.8 Å². The van der Waals surface area contributed by atoms with Gasteiger partial charge in [-0.2, -0.15) is 0 Å². The van der Waals surface area contributed by atoms with Crippen LogP contribution in [0.3, 0.4) is 0 Å². The fourth-order valence-corrected chi connectivity index (χ4v) is 3.26. The van der Waals surface area contributed by atoms with E-state index in [9.17, 15) is 9.90 Å². The molecular formula is C17H24N2O5. The minimum Gasteiger partial charge on any atom is -0.497 e. The summed E-state index contributed by atoms with van der Waals surface area (Å²) in [7, 11) is 1.62. The van der Waals surface area contributed by atoms with Gasteiger partial charge in [0.25, 0.3) is 0 Å². The maximum atomic E-state index is 12.1. The van der Waals surface area contributed by atoms with Gasteiger partial charge in [0.1, 0.15) is 18.0 Å². The van der Waals surface area contributed by atoms with Crippen LogP contribution in [0.2, 0.25) is 0 Å².